The maximum Gasteiger partial charge on any atom is 0.231 e. The summed E-state index contributed by atoms with van der Waals surface area (Å²) < 4.78 is 15.9. The molecule has 1 N–H and O–H groups in total. The average molecular weight is 292 g/mol. The van der Waals surface area contributed by atoms with Crippen LogP contribution in [0, 0.1) is 0 Å². The van der Waals surface area contributed by atoms with Crippen molar-refractivity contribution in [3.8, 4) is 17.2 Å². The molecule has 2 aromatic carbocycles. The summed E-state index contributed by atoms with van der Waals surface area (Å²) >= 11 is 6.16. The molecule has 3 rings (SSSR count). The van der Waals surface area contributed by atoms with E-state index in [9.17, 15) is 0 Å². The van der Waals surface area contributed by atoms with Crippen LogP contribution in [0.1, 0.15) is 5.56 Å². The lowest BCUT2D eigenvalue weighted by Gasteiger charge is -2.11. The second kappa shape index (κ2) is 5.51. The van der Waals surface area contributed by atoms with E-state index in [1.165, 1.54) is 0 Å². The molecule has 0 aromatic heterocycles. The largest absolute Gasteiger partial charge is 0.495 e. The molecule has 0 saturated heterocycles. The number of nitrogens with one attached hydrogen (secondary N) is 1. The number of para-hydroxylation sites is 2. The highest BCUT2D eigenvalue weighted by Crippen LogP contribution is 2.40. The van der Waals surface area contributed by atoms with E-state index in [-0.39, 0.29) is 6.79 Å². The highest BCUT2D eigenvalue weighted by molar-refractivity contribution is 6.32. The molecule has 0 aliphatic carbocycles. The van der Waals surface area contributed by atoms with Gasteiger partial charge in [-0.25, -0.2) is 0 Å². The molecular weight excluding hydrogens is 278 g/mol. The first kappa shape index (κ1) is 12.9. The summed E-state index contributed by atoms with van der Waals surface area (Å²) in [5.74, 6) is 2.11. The summed E-state index contributed by atoms with van der Waals surface area (Å²) in [6.45, 7) is 0.842. The van der Waals surface area contributed by atoms with Gasteiger partial charge < -0.3 is 19.5 Å². The Labute approximate surface area is 122 Å². The number of benzene rings is 2. The average Bonchev–Trinajstić information content (AvgIpc) is 2.94. The Bertz CT molecular complexity index is 631. The Kier molecular flexibility index (Phi) is 3.56. The zero-order valence-corrected chi connectivity index (χ0v) is 11.7. The van der Waals surface area contributed by atoms with Gasteiger partial charge >= 0.3 is 0 Å². The zero-order valence-electron chi connectivity index (χ0n) is 11.0. The number of fused-ring (bicyclic) bond motifs is 1. The van der Waals surface area contributed by atoms with Gasteiger partial charge in [0.05, 0.1) is 17.8 Å². The van der Waals surface area contributed by atoms with Crippen molar-refractivity contribution < 1.29 is 14.2 Å². The molecule has 1 heterocycles. The Hall–Kier alpha value is -2.07. The molecule has 0 spiro atoms. The molecule has 5 heteroatoms. The lowest BCUT2D eigenvalue weighted by Crippen LogP contribution is -2.01. The highest BCUT2D eigenvalue weighted by atomic mass is 35.5. The fourth-order valence-corrected chi connectivity index (χ4v) is 2.40. The number of anilines is 1. The summed E-state index contributed by atoms with van der Waals surface area (Å²) in [6.07, 6.45) is 0. The first-order chi connectivity index (χ1) is 9.78. The Morgan fingerprint density at radius 3 is 2.95 bits per heavy atom. The van der Waals surface area contributed by atoms with Crippen LogP contribution in [0.4, 0.5) is 5.69 Å². The minimum absolute atomic E-state index is 0.221. The van der Waals surface area contributed by atoms with Gasteiger partial charge in [0.2, 0.25) is 6.79 Å². The van der Waals surface area contributed by atoms with Gasteiger partial charge in [-0.1, -0.05) is 23.7 Å². The molecule has 0 fully saturated rings. The van der Waals surface area contributed by atoms with E-state index in [0.717, 1.165) is 17.0 Å². The lowest BCUT2D eigenvalue weighted by atomic mass is 10.2. The van der Waals surface area contributed by atoms with E-state index in [4.69, 9.17) is 25.8 Å². The van der Waals surface area contributed by atoms with Gasteiger partial charge in [0.1, 0.15) is 5.75 Å². The predicted octanol–water partition coefficient (Wildman–Crippen LogP) is 3.69. The topological polar surface area (TPSA) is 39.7 Å². The lowest BCUT2D eigenvalue weighted by molar-refractivity contribution is 0.174. The van der Waals surface area contributed by atoms with Crippen LogP contribution in [-0.2, 0) is 6.54 Å². The van der Waals surface area contributed by atoms with Crippen LogP contribution in [0.25, 0.3) is 0 Å². The van der Waals surface area contributed by atoms with Crippen LogP contribution in [0.5, 0.6) is 17.2 Å². The van der Waals surface area contributed by atoms with Gasteiger partial charge in [0.15, 0.2) is 11.5 Å². The third kappa shape index (κ3) is 2.47. The van der Waals surface area contributed by atoms with E-state index in [1.54, 1.807) is 7.11 Å². The second-order valence-electron chi connectivity index (χ2n) is 4.37. The monoisotopic (exact) mass is 291 g/mol. The van der Waals surface area contributed by atoms with E-state index >= 15 is 0 Å². The fraction of sp³-hybridized carbons (Fsp3) is 0.200. The second-order valence-corrected chi connectivity index (χ2v) is 4.77. The minimum Gasteiger partial charge on any atom is -0.495 e. The summed E-state index contributed by atoms with van der Waals surface area (Å²) in [4.78, 5) is 0. The summed E-state index contributed by atoms with van der Waals surface area (Å²) in [6, 6.07) is 11.6. The molecule has 0 bridgehead atoms. The molecule has 0 amide bonds. The van der Waals surface area contributed by atoms with Crippen molar-refractivity contribution in [3.63, 3.8) is 0 Å². The van der Waals surface area contributed by atoms with Crippen LogP contribution in [0.3, 0.4) is 0 Å². The summed E-state index contributed by atoms with van der Waals surface area (Å²) in [7, 11) is 1.65. The maximum absolute atomic E-state index is 6.16. The van der Waals surface area contributed by atoms with Gasteiger partial charge in [-0.05, 0) is 29.8 Å². The Morgan fingerprint density at radius 1 is 1.25 bits per heavy atom. The van der Waals surface area contributed by atoms with Crippen LogP contribution in [-0.4, -0.2) is 13.9 Å². The van der Waals surface area contributed by atoms with Crippen molar-refractivity contribution in [2.45, 2.75) is 6.54 Å². The number of methoxy groups -OCH3 is 1. The third-order valence-corrected chi connectivity index (χ3v) is 3.36. The van der Waals surface area contributed by atoms with Crippen molar-refractivity contribution in [3.05, 3.63) is 47.0 Å². The van der Waals surface area contributed by atoms with Crippen LogP contribution >= 0.6 is 11.6 Å². The maximum atomic E-state index is 6.16. The molecule has 1 aliphatic heterocycles. The number of hydrogen-bond acceptors (Lipinski definition) is 4. The highest BCUT2D eigenvalue weighted by Gasteiger charge is 2.18. The first-order valence-corrected chi connectivity index (χ1v) is 6.60. The predicted molar refractivity (Wildman–Crippen MR) is 77.9 cm³/mol. The molecule has 0 unspecified atom stereocenters. The SMILES string of the molecule is COc1ccccc1NCc1cc(Cl)c2c(c1)OCO2. The smallest absolute Gasteiger partial charge is 0.231 e. The zero-order chi connectivity index (χ0) is 13.9. The van der Waals surface area contributed by atoms with E-state index in [1.807, 2.05) is 36.4 Å². The van der Waals surface area contributed by atoms with Gasteiger partial charge in [0, 0.05) is 6.54 Å². The summed E-state index contributed by atoms with van der Waals surface area (Å²) in [5.41, 5.74) is 1.95. The third-order valence-electron chi connectivity index (χ3n) is 3.08. The number of ether oxygens (including phenoxy) is 3. The van der Waals surface area contributed by atoms with E-state index < -0.39 is 0 Å². The van der Waals surface area contributed by atoms with Crippen LogP contribution in [0.2, 0.25) is 5.02 Å². The van der Waals surface area contributed by atoms with Gasteiger partial charge in [0.25, 0.3) is 0 Å². The molecule has 0 radical (unpaired) electrons. The Morgan fingerprint density at radius 2 is 2.10 bits per heavy atom. The normalized spacial score (nSPS) is 12.3. The number of rotatable bonds is 4. The molecule has 0 atom stereocenters. The molecule has 1 aliphatic rings. The van der Waals surface area contributed by atoms with Gasteiger partial charge in [-0.3, -0.25) is 0 Å². The fourth-order valence-electron chi connectivity index (χ4n) is 2.11. The molecule has 4 nitrogen and oxygen atoms in total. The number of hydrogen-bond donors (Lipinski definition) is 1. The minimum atomic E-state index is 0.221. The van der Waals surface area contributed by atoms with Crippen LogP contribution in [0.15, 0.2) is 36.4 Å². The van der Waals surface area contributed by atoms with E-state index in [0.29, 0.717) is 23.1 Å². The molecule has 0 saturated carbocycles. The van der Waals surface area contributed by atoms with Gasteiger partial charge in [-0.15, -0.1) is 0 Å². The quantitative estimate of drug-likeness (QED) is 0.932. The van der Waals surface area contributed by atoms with Crippen molar-refractivity contribution >= 4 is 17.3 Å². The van der Waals surface area contributed by atoms with Crippen molar-refractivity contribution in [2.24, 2.45) is 0 Å². The summed E-state index contributed by atoms with van der Waals surface area (Å²) in [5, 5.41) is 3.89. The Balaban J connectivity index is 1.77. The molecule has 104 valence electrons. The van der Waals surface area contributed by atoms with Crippen molar-refractivity contribution in [1.82, 2.24) is 0 Å². The van der Waals surface area contributed by atoms with Crippen molar-refractivity contribution in [1.29, 1.82) is 0 Å². The molecule has 20 heavy (non-hydrogen) atoms. The van der Waals surface area contributed by atoms with Gasteiger partial charge in [-0.2, -0.15) is 0 Å². The van der Waals surface area contributed by atoms with Crippen molar-refractivity contribution in [2.75, 3.05) is 19.2 Å². The van der Waals surface area contributed by atoms with E-state index in [2.05, 4.69) is 5.32 Å². The molecule has 2 aromatic rings. The molecular formula is C15H14ClNO3. The standard InChI is InChI=1S/C15H14ClNO3/c1-18-13-5-3-2-4-12(13)17-8-10-6-11(16)15-14(7-10)19-9-20-15/h2-7,17H,8-9H2,1H3. The first-order valence-electron chi connectivity index (χ1n) is 6.23. The number of halogens is 1. The van der Waals surface area contributed by atoms with Crippen LogP contribution < -0.4 is 19.5 Å².